The number of rotatable bonds is 8. The van der Waals surface area contributed by atoms with Crippen LogP contribution in [0.15, 0.2) is 53.9 Å². The van der Waals surface area contributed by atoms with E-state index in [-0.39, 0.29) is 0 Å². The van der Waals surface area contributed by atoms with Gasteiger partial charge in [-0.25, -0.2) is 4.52 Å². The molecule has 158 valence electrons. The van der Waals surface area contributed by atoms with E-state index in [2.05, 4.69) is 26.1 Å². The van der Waals surface area contributed by atoms with Crippen LogP contribution in [0.1, 0.15) is 18.4 Å². The molecule has 0 amide bonds. The number of anilines is 1. The van der Waals surface area contributed by atoms with Gasteiger partial charge in [-0.2, -0.15) is 5.10 Å². The summed E-state index contributed by atoms with van der Waals surface area (Å²) < 4.78 is 7.63. The number of halogens is 1. The van der Waals surface area contributed by atoms with Gasteiger partial charge in [-0.1, -0.05) is 28.9 Å². The zero-order valence-corrected chi connectivity index (χ0v) is 17.6. The monoisotopic (exact) mass is 427 g/mol. The molecule has 0 saturated carbocycles. The predicted molar refractivity (Wildman–Crippen MR) is 119 cm³/mol. The van der Waals surface area contributed by atoms with Crippen molar-refractivity contribution in [1.82, 2.24) is 14.5 Å². The van der Waals surface area contributed by atoms with Crippen LogP contribution < -0.4 is 9.64 Å². The van der Waals surface area contributed by atoms with Crippen molar-refractivity contribution in [3.8, 4) is 5.75 Å². The number of nitrogens with zero attached hydrogens (tertiary/aromatic N) is 5. The van der Waals surface area contributed by atoms with Crippen molar-refractivity contribution in [1.29, 1.82) is 0 Å². The molecule has 3 heterocycles. The summed E-state index contributed by atoms with van der Waals surface area (Å²) in [6.45, 7) is 5.88. The van der Waals surface area contributed by atoms with Crippen molar-refractivity contribution in [2.24, 2.45) is 5.16 Å². The van der Waals surface area contributed by atoms with E-state index in [9.17, 15) is 0 Å². The lowest BCUT2D eigenvalue weighted by Gasteiger charge is -2.36. The largest absolute Gasteiger partial charge is 0.493 e. The molecule has 0 aliphatic carbocycles. The summed E-state index contributed by atoms with van der Waals surface area (Å²) in [6, 6.07) is 11.9. The van der Waals surface area contributed by atoms with Gasteiger partial charge < -0.3 is 14.8 Å². The molecule has 0 spiro atoms. The standard InChI is InChI=1S/C22H26ClN5O2/c23-20-5-1-2-6-21(20)27-12-10-26(11-13-27)8-3-4-14-30-19-7-9-28-22(15-19)18(16-24-28)17-25-29/h1-2,5-7,9,15-17,29H,3-4,8,10-14H2/b25-17+. The minimum atomic E-state index is 0.674. The van der Waals surface area contributed by atoms with Crippen molar-refractivity contribution in [2.75, 3.05) is 44.2 Å². The maximum Gasteiger partial charge on any atom is 0.123 e. The fourth-order valence-corrected chi connectivity index (χ4v) is 4.03. The highest BCUT2D eigenvalue weighted by Gasteiger charge is 2.18. The summed E-state index contributed by atoms with van der Waals surface area (Å²) in [6.07, 6.45) is 6.98. The van der Waals surface area contributed by atoms with Crippen LogP contribution in [0, 0.1) is 0 Å². The third kappa shape index (κ3) is 4.86. The van der Waals surface area contributed by atoms with Crippen molar-refractivity contribution in [2.45, 2.75) is 12.8 Å². The first-order valence-corrected chi connectivity index (χ1v) is 10.6. The number of piperazine rings is 1. The van der Waals surface area contributed by atoms with Crippen LogP contribution in [0.4, 0.5) is 5.69 Å². The Morgan fingerprint density at radius 1 is 1.13 bits per heavy atom. The number of pyridine rings is 1. The van der Waals surface area contributed by atoms with Gasteiger partial charge in [0.25, 0.3) is 0 Å². The van der Waals surface area contributed by atoms with E-state index in [1.54, 1.807) is 10.7 Å². The molecule has 1 saturated heterocycles. The average molecular weight is 428 g/mol. The van der Waals surface area contributed by atoms with Crippen LogP contribution in [0.3, 0.4) is 0 Å². The third-order valence-corrected chi connectivity index (χ3v) is 5.74. The average Bonchev–Trinajstić information content (AvgIpc) is 3.17. The van der Waals surface area contributed by atoms with E-state index in [1.807, 2.05) is 36.5 Å². The second kappa shape index (κ2) is 9.82. The lowest BCUT2D eigenvalue weighted by molar-refractivity contribution is 0.238. The summed E-state index contributed by atoms with van der Waals surface area (Å²) in [5.74, 6) is 0.795. The first kappa shape index (κ1) is 20.5. The molecule has 1 fully saturated rings. The van der Waals surface area contributed by atoms with E-state index in [0.717, 1.165) is 73.1 Å². The second-order valence-corrected chi connectivity index (χ2v) is 7.78. The molecule has 4 rings (SSSR count). The minimum absolute atomic E-state index is 0.674. The van der Waals surface area contributed by atoms with Gasteiger partial charge in [0.1, 0.15) is 5.75 Å². The highest BCUT2D eigenvalue weighted by atomic mass is 35.5. The quantitative estimate of drug-likeness (QED) is 0.256. The van der Waals surface area contributed by atoms with Gasteiger partial charge in [-0.15, -0.1) is 0 Å². The summed E-state index contributed by atoms with van der Waals surface area (Å²) in [5, 5.41) is 16.9. The molecule has 0 atom stereocenters. The van der Waals surface area contributed by atoms with Gasteiger partial charge >= 0.3 is 0 Å². The second-order valence-electron chi connectivity index (χ2n) is 7.37. The van der Waals surface area contributed by atoms with Crippen LogP contribution in [-0.2, 0) is 0 Å². The fourth-order valence-electron chi connectivity index (χ4n) is 3.78. The summed E-state index contributed by atoms with van der Waals surface area (Å²) >= 11 is 6.32. The van der Waals surface area contributed by atoms with Crippen molar-refractivity contribution < 1.29 is 9.94 Å². The van der Waals surface area contributed by atoms with Crippen molar-refractivity contribution in [3.63, 3.8) is 0 Å². The molecule has 1 N–H and O–H groups in total. The lowest BCUT2D eigenvalue weighted by atomic mass is 10.2. The van der Waals surface area contributed by atoms with Gasteiger partial charge in [-0.05, 0) is 37.6 Å². The van der Waals surface area contributed by atoms with Gasteiger partial charge in [0.2, 0.25) is 0 Å². The molecule has 3 aromatic rings. The molecule has 1 aliphatic rings. The van der Waals surface area contributed by atoms with Gasteiger partial charge in [0.05, 0.1) is 35.2 Å². The van der Waals surface area contributed by atoms with Crippen LogP contribution >= 0.6 is 11.6 Å². The number of hydrogen-bond donors (Lipinski definition) is 1. The number of benzene rings is 1. The molecule has 1 aliphatic heterocycles. The SMILES string of the molecule is O/N=C/c1cnn2ccc(OCCCCN3CCN(c4ccccc4Cl)CC3)cc12. The molecule has 1 aromatic carbocycles. The first-order chi connectivity index (χ1) is 14.7. The number of unbranched alkanes of at least 4 members (excludes halogenated alkanes) is 1. The molecule has 0 bridgehead atoms. The smallest absolute Gasteiger partial charge is 0.123 e. The molecule has 2 aromatic heterocycles. The van der Waals surface area contributed by atoms with Crippen LogP contribution in [0.2, 0.25) is 5.02 Å². The zero-order chi connectivity index (χ0) is 20.8. The topological polar surface area (TPSA) is 65.6 Å². The predicted octanol–water partition coefficient (Wildman–Crippen LogP) is 3.78. The number of para-hydroxylation sites is 1. The van der Waals surface area contributed by atoms with Crippen molar-refractivity contribution >= 4 is 29.0 Å². The maximum atomic E-state index is 8.75. The molecule has 8 heteroatoms. The first-order valence-electron chi connectivity index (χ1n) is 10.2. The Morgan fingerprint density at radius 2 is 1.97 bits per heavy atom. The molecule has 0 unspecified atom stereocenters. The van der Waals surface area contributed by atoms with Crippen LogP contribution in [0.25, 0.3) is 5.52 Å². The molecule has 7 nitrogen and oxygen atoms in total. The van der Waals surface area contributed by atoms with Crippen molar-refractivity contribution in [3.05, 3.63) is 59.4 Å². The van der Waals surface area contributed by atoms with E-state index >= 15 is 0 Å². The van der Waals surface area contributed by atoms with Gasteiger partial charge in [-0.3, -0.25) is 4.90 Å². The van der Waals surface area contributed by atoms with Gasteiger partial charge in [0.15, 0.2) is 0 Å². The van der Waals surface area contributed by atoms with E-state index < -0.39 is 0 Å². The third-order valence-electron chi connectivity index (χ3n) is 5.42. The molecule has 0 radical (unpaired) electrons. The van der Waals surface area contributed by atoms with E-state index in [0.29, 0.717) is 6.61 Å². The normalized spacial score (nSPS) is 15.3. The number of hydrogen-bond acceptors (Lipinski definition) is 6. The summed E-state index contributed by atoms with van der Waals surface area (Å²) in [4.78, 5) is 4.87. The molecular formula is C22H26ClN5O2. The van der Waals surface area contributed by atoms with E-state index in [4.69, 9.17) is 21.5 Å². The Balaban J connectivity index is 1.18. The summed E-state index contributed by atoms with van der Waals surface area (Å²) in [7, 11) is 0. The van der Waals surface area contributed by atoms with E-state index in [1.165, 1.54) is 6.21 Å². The fraction of sp³-hybridized carbons (Fsp3) is 0.364. The summed E-state index contributed by atoms with van der Waals surface area (Å²) in [5.41, 5.74) is 2.73. The zero-order valence-electron chi connectivity index (χ0n) is 16.8. The van der Waals surface area contributed by atoms with Crippen LogP contribution in [-0.4, -0.2) is 65.3 Å². The lowest BCUT2D eigenvalue weighted by Crippen LogP contribution is -2.46. The Labute approximate surface area is 181 Å². The number of ether oxygens (including phenoxy) is 1. The maximum absolute atomic E-state index is 8.75. The van der Waals surface area contributed by atoms with Crippen LogP contribution in [0.5, 0.6) is 5.75 Å². The Morgan fingerprint density at radius 3 is 2.77 bits per heavy atom. The minimum Gasteiger partial charge on any atom is -0.493 e. The molecular weight excluding hydrogens is 402 g/mol. The Bertz CT molecular complexity index is 998. The molecule has 30 heavy (non-hydrogen) atoms. The highest BCUT2D eigenvalue weighted by molar-refractivity contribution is 6.33. The number of aromatic nitrogens is 2. The Hall–Kier alpha value is -2.77. The number of oxime groups is 1. The highest BCUT2D eigenvalue weighted by Crippen LogP contribution is 2.26. The Kier molecular flexibility index (Phi) is 6.71. The number of fused-ring (bicyclic) bond motifs is 1. The van der Waals surface area contributed by atoms with Gasteiger partial charge in [0, 0.05) is 44.0 Å².